The lowest BCUT2D eigenvalue weighted by atomic mass is 10.0. The van der Waals surface area contributed by atoms with Gasteiger partial charge in [0.2, 0.25) is 17.7 Å². The number of fused-ring (bicyclic) bond motifs is 1. The number of ether oxygens (including phenoxy) is 3. The summed E-state index contributed by atoms with van der Waals surface area (Å²) in [4.78, 5) is 57.3. The van der Waals surface area contributed by atoms with Crippen LogP contribution in [0.3, 0.4) is 0 Å². The first kappa shape index (κ1) is 32.8. The van der Waals surface area contributed by atoms with Crippen LogP contribution in [0, 0.1) is 0 Å². The molecule has 4 amide bonds. The SMILES string of the molecule is CCN1CCOc2ccccc2C(=O)N[C@H](C(=O)N(C)CCOc2ccccc2OC)CC(=O)N[C@@H](Cc2ccccc2)C1=O. The van der Waals surface area contributed by atoms with E-state index in [9.17, 15) is 19.2 Å². The van der Waals surface area contributed by atoms with E-state index in [4.69, 9.17) is 14.2 Å². The van der Waals surface area contributed by atoms with Gasteiger partial charge in [0, 0.05) is 20.0 Å². The van der Waals surface area contributed by atoms with Crippen molar-refractivity contribution in [2.24, 2.45) is 0 Å². The Morgan fingerprint density at radius 2 is 1.64 bits per heavy atom. The molecule has 0 aliphatic carbocycles. The molecule has 4 rings (SSSR count). The number of hydrogen-bond donors (Lipinski definition) is 2. The van der Waals surface area contributed by atoms with E-state index in [2.05, 4.69) is 10.6 Å². The molecule has 11 heteroatoms. The molecule has 0 radical (unpaired) electrons. The molecule has 0 unspecified atom stereocenters. The van der Waals surface area contributed by atoms with Crippen LogP contribution in [-0.2, 0) is 20.8 Å². The maximum atomic E-state index is 13.7. The fourth-order valence-electron chi connectivity index (χ4n) is 5.02. The van der Waals surface area contributed by atoms with E-state index in [-0.39, 0.29) is 50.6 Å². The van der Waals surface area contributed by atoms with Crippen molar-refractivity contribution in [2.45, 2.75) is 31.8 Å². The monoisotopic (exact) mass is 616 g/mol. The van der Waals surface area contributed by atoms with Crippen LogP contribution in [0.25, 0.3) is 0 Å². The van der Waals surface area contributed by atoms with Crippen molar-refractivity contribution in [1.82, 2.24) is 20.4 Å². The van der Waals surface area contributed by atoms with Gasteiger partial charge in [-0.2, -0.15) is 0 Å². The second-order valence-electron chi connectivity index (χ2n) is 10.6. The second-order valence-corrected chi connectivity index (χ2v) is 10.6. The Hall–Kier alpha value is -5.06. The van der Waals surface area contributed by atoms with Gasteiger partial charge in [0.15, 0.2) is 11.5 Å². The molecule has 11 nitrogen and oxygen atoms in total. The van der Waals surface area contributed by atoms with Gasteiger partial charge in [-0.25, -0.2) is 0 Å². The molecule has 2 atom stereocenters. The normalized spacial score (nSPS) is 17.6. The number of carbonyl (C=O) groups excluding carboxylic acids is 4. The Morgan fingerprint density at radius 3 is 2.38 bits per heavy atom. The van der Waals surface area contributed by atoms with Gasteiger partial charge in [0.25, 0.3) is 5.91 Å². The lowest BCUT2D eigenvalue weighted by molar-refractivity contribution is -0.138. The largest absolute Gasteiger partial charge is 0.493 e. The van der Waals surface area contributed by atoms with Gasteiger partial charge in [0.1, 0.15) is 31.0 Å². The van der Waals surface area contributed by atoms with Crippen LogP contribution in [-0.4, -0.2) is 92.5 Å². The maximum Gasteiger partial charge on any atom is 0.255 e. The molecular formula is C34H40N4O7. The highest BCUT2D eigenvalue weighted by molar-refractivity contribution is 6.01. The fraction of sp³-hybridized carbons (Fsp3) is 0.353. The summed E-state index contributed by atoms with van der Waals surface area (Å²) in [7, 11) is 3.11. The van der Waals surface area contributed by atoms with Crippen LogP contribution in [0.4, 0.5) is 0 Å². The Morgan fingerprint density at radius 1 is 0.956 bits per heavy atom. The van der Waals surface area contributed by atoms with Crippen molar-refractivity contribution in [3.63, 3.8) is 0 Å². The zero-order chi connectivity index (χ0) is 32.2. The molecule has 0 bridgehead atoms. The van der Waals surface area contributed by atoms with Crippen molar-refractivity contribution >= 4 is 23.6 Å². The van der Waals surface area contributed by atoms with Crippen LogP contribution >= 0.6 is 0 Å². The van der Waals surface area contributed by atoms with E-state index < -0.39 is 29.8 Å². The van der Waals surface area contributed by atoms with Crippen LogP contribution in [0.2, 0.25) is 0 Å². The minimum atomic E-state index is -1.22. The number of hydrogen-bond acceptors (Lipinski definition) is 7. The first-order valence-electron chi connectivity index (χ1n) is 15.0. The molecule has 0 saturated heterocycles. The summed E-state index contributed by atoms with van der Waals surface area (Å²) in [5, 5.41) is 5.57. The number of rotatable bonds is 9. The van der Waals surface area contributed by atoms with Crippen molar-refractivity contribution < 1.29 is 33.4 Å². The van der Waals surface area contributed by atoms with Crippen LogP contribution in [0.1, 0.15) is 29.3 Å². The number of nitrogens with zero attached hydrogens (tertiary/aromatic N) is 2. The van der Waals surface area contributed by atoms with Gasteiger partial charge >= 0.3 is 0 Å². The summed E-state index contributed by atoms with van der Waals surface area (Å²) in [5.74, 6) is -0.460. The van der Waals surface area contributed by atoms with E-state index in [1.165, 1.54) is 4.90 Å². The molecule has 1 aliphatic heterocycles. The summed E-state index contributed by atoms with van der Waals surface area (Å²) in [6, 6.07) is 21.1. The standard InChI is InChI=1S/C34H40N4O7/c1-4-38-19-21-44-28-15-9-8-14-25(28)32(40)36-27(23-31(39)35-26(34(38)42)22-24-12-6-5-7-13-24)33(41)37(2)18-20-45-30-17-11-10-16-29(30)43-3/h5-17,26-27H,4,18-23H2,1-3H3,(H,35,39)(H,36,40)/t26-,27-/m0/s1. The number of benzene rings is 3. The van der Waals surface area contributed by atoms with Crippen molar-refractivity contribution in [1.29, 1.82) is 0 Å². The Labute approximate surface area is 263 Å². The fourth-order valence-corrected chi connectivity index (χ4v) is 5.02. The maximum absolute atomic E-state index is 13.7. The highest BCUT2D eigenvalue weighted by Crippen LogP contribution is 2.25. The Balaban J connectivity index is 1.57. The molecule has 238 valence electrons. The van der Waals surface area contributed by atoms with Gasteiger partial charge < -0.3 is 34.6 Å². The molecule has 0 aromatic heterocycles. The number of methoxy groups -OCH3 is 1. The molecule has 3 aromatic rings. The number of carbonyl (C=O) groups is 4. The molecule has 45 heavy (non-hydrogen) atoms. The average molecular weight is 617 g/mol. The first-order chi connectivity index (χ1) is 21.8. The molecule has 0 spiro atoms. The molecule has 1 aliphatic rings. The van der Waals surface area contributed by atoms with E-state index in [0.717, 1.165) is 5.56 Å². The predicted octanol–water partition coefficient (Wildman–Crippen LogP) is 2.69. The Kier molecular flexibility index (Phi) is 11.8. The third-order valence-electron chi connectivity index (χ3n) is 7.48. The van der Waals surface area contributed by atoms with Crippen molar-refractivity contribution in [3.8, 4) is 17.2 Å². The quantitative estimate of drug-likeness (QED) is 0.379. The third-order valence-corrected chi connectivity index (χ3v) is 7.48. The second kappa shape index (κ2) is 16.1. The van der Waals surface area contributed by atoms with Crippen LogP contribution in [0.15, 0.2) is 78.9 Å². The molecule has 3 aromatic carbocycles. The summed E-state index contributed by atoms with van der Waals surface area (Å²) >= 11 is 0. The van der Waals surface area contributed by atoms with E-state index in [1.54, 1.807) is 55.5 Å². The minimum absolute atomic E-state index is 0.132. The van der Waals surface area contributed by atoms with Gasteiger partial charge in [-0.3, -0.25) is 19.2 Å². The van der Waals surface area contributed by atoms with Crippen molar-refractivity contribution in [2.75, 3.05) is 47.0 Å². The van der Waals surface area contributed by atoms with Crippen molar-refractivity contribution in [3.05, 3.63) is 90.0 Å². The van der Waals surface area contributed by atoms with Gasteiger partial charge in [0.05, 0.1) is 32.2 Å². The average Bonchev–Trinajstić information content (AvgIpc) is 3.05. The van der Waals surface area contributed by atoms with Gasteiger partial charge in [-0.05, 0) is 36.8 Å². The first-order valence-corrected chi connectivity index (χ1v) is 15.0. The summed E-state index contributed by atoms with van der Waals surface area (Å²) in [5.41, 5.74) is 1.08. The van der Waals surface area contributed by atoms with E-state index >= 15 is 0 Å². The topological polar surface area (TPSA) is 127 Å². The zero-order valence-corrected chi connectivity index (χ0v) is 25.9. The number of para-hydroxylation sites is 3. The van der Waals surface area contributed by atoms with E-state index in [0.29, 0.717) is 23.8 Å². The highest BCUT2D eigenvalue weighted by atomic mass is 16.5. The molecule has 0 fully saturated rings. The Bertz CT molecular complexity index is 1470. The molecule has 1 heterocycles. The predicted molar refractivity (Wildman–Crippen MR) is 168 cm³/mol. The lowest BCUT2D eigenvalue weighted by Gasteiger charge is -2.29. The minimum Gasteiger partial charge on any atom is -0.493 e. The number of nitrogens with one attached hydrogen (secondary N) is 2. The van der Waals surface area contributed by atoms with Gasteiger partial charge in [-0.1, -0.05) is 54.6 Å². The highest BCUT2D eigenvalue weighted by Gasteiger charge is 2.31. The lowest BCUT2D eigenvalue weighted by Crippen LogP contribution is -2.54. The molecule has 2 N–H and O–H groups in total. The number of likely N-dealkylation sites (N-methyl/N-ethyl adjacent to an activating group) is 2. The summed E-state index contributed by atoms with van der Waals surface area (Å²) in [6.45, 7) is 2.96. The summed E-state index contributed by atoms with van der Waals surface area (Å²) in [6.07, 6.45) is -0.118. The zero-order valence-electron chi connectivity index (χ0n) is 25.9. The third kappa shape index (κ3) is 8.98. The molecule has 0 saturated carbocycles. The van der Waals surface area contributed by atoms with Gasteiger partial charge in [-0.15, -0.1) is 0 Å². The van der Waals surface area contributed by atoms with E-state index in [1.807, 2.05) is 49.4 Å². The number of amides is 4. The van der Waals surface area contributed by atoms with Crippen LogP contribution < -0.4 is 24.8 Å². The summed E-state index contributed by atoms with van der Waals surface area (Å²) < 4.78 is 17.1. The van der Waals surface area contributed by atoms with Crippen LogP contribution in [0.5, 0.6) is 17.2 Å². The smallest absolute Gasteiger partial charge is 0.255 e. The molecular weight excluding hydrogens is 576 g/mol.